The fourth-order valence-electron chi connectivity index (χ4n) is 1.46. The van der Waals surface area contributed by atoms with E-state index in [9.17, 15) is 4.79 Å². The lowest BCUT2D eigenvalue weighted by molar-refractivity contribution is -0.138. The Morgan fingerprint density at radius 3 is 3.00 bits per heavy atom. The van der Waals surface area contributed by atoms with Crippen molar-refractivity contribution >= 4 is 16.9 Å². The molecule has 0 radical (unpaired) electrons. The Morgan fingerprint density at radius 1 is 1.60 bits per heavy atom. The first-order valence-electron chi connectivity index (χ1n) is 4.44. The predicted molar refractivity (Wildman–Crippen MR) is 53.3 cm³/mol. The molecule has 0 aliphatic rings. The van der Waals surface area contributed by atoms with E-state index >= 15 is 0 Å². The average Bonchev–Trinajstić information content (AvgIpc) is 2.61. The molecule has 0 fully saturated rings. The van der Waals surface area contributed by atoms with Gasteiger partial charge in [-0.05, 0) is 18.6 Å². The molecule has 0 spiro atoms. The maximum atomic E-state index is 10.7. The molecule has 2 rings (SSSR count). The van der Waals surface area contributed by atoms with Crippen molar-refractivity contribution in [2.24, 2.45) is 5.73 Å². The summed E-state index contributed by atoms with van der Waals surface area (Å²) in [6, 6.07) is 4.28. The van der Waals surface area contributed by atoms with E-state index in [0.717, 1.165) is 5.56 Å². The molecule has 15 heavy (non-hydrogen) atoms. The van der Waals surface area contributed by atoms with E-state index < -0.39 is 12.0 Å². The zero-order valence-corrected chi connectivity index (χ0v) is 8.10. The molecule has 5 heteroatoms. The van der Waals surface area contributed by atoms with Crippen LogP contribution in [0.15, 0.2) is 22.7 Å². The molecule has 0 aliphatic heterocycles. The molecular weight excluding hydrogens is 196 g/mol. The second-order valence-electron chi connectivity index (χ2n) is 3.34. The van der Waals surface area contributed by atoms with E-state index in [4.69, 9.17) is 15.4 Å². The number of nitrogens with zero attached hydrogens (tertiary/aromatic N) is 1. The van der Waals surface area contributed by atoms with E-state index in [2.05, 4.69) is 5.16 Å². The van der Waals surface area contributed by atoms with Crippen LogP contribution < -0.4 is 5.73 Å². The van der Waals surface area contributed by atoms with Gasteiger partial charge in [0.05, 0.1) is 0 Å². The van der Waals surface area contributed by atoms with Crippen LogP contribution in [0.3, 0.4) is 0 Å². The molecule has 1 aromatic carbocycles. The lowest BCUT2D eigenvalue weighted by Gasteiger charge is -2.01. The highest BCUT2D eigenvalue weighted by molar-refractivity contribution is 5.87. The molecule has 0 aliphatic carbocycles. The number of fused-ring (bicyclic) bond motifs is 1. The molecule has 0 saturated carbocycles. The molecule has 78 valence electrons. The van der Waals surface area contributed by atoms with Gasteiger partial charge in [0, 0.05) is 5.39 Å². The van der Waals surface area contributed by atoms with E-state index in [0.29, 0.717) is 11.0 Å². The quantitative estimate of drug-likeness (QED) is 0.771. The van der Waals surface area contributed by atoms with Crippen LogP contribution >= 0.6 is 0 Å². The van der Waals surface area contributed by atoms with Crippen molar-refractivity contribution in [2.45, 2.75) is 13.0 Å². The third kappa shape index (κ3) is 1.46. The van der Waals surface area contributed by atoms with E-state index in [1.165, 1.54) is 0 Å². The van der Waals surface area contributed by atoms with Crippen LogP contribution in [0.5, 0.6) is 0 Å². The average molecular weight is 206 g/mol. The third-order valence-corrected chi connectivity index (χ3v) is 2.28. The van der Waals surface area contributed by atoms with Crippen molar-refractivity contribution in [1.29, 1.82) is 0 Å². The summed E-state index contributed by atoms with van der Waals surface area (Å²) >= 11 is 0. The fourth-order valence-corrected chi connectivity index (χ4v) is 1.46. The van der Waals surface area contributed by atoms with Crippen molar-refractivity contribution in [2.75, 3.05) is 0 Å². The van der Waals surface area contributed by atoms with Gasteiger partial charge in [0.25, 0.3) is 0 Å². The number of aryl methyl sites for hydroxylation is 1. The van der Waals surface area contributed by atoms with Crippen molar-refractivity contribution in [1.82, 2.24) is 5.16 Å². The summed E-state index contributed by atoms with van der Waals surface area (Å²) in [5, 5.41) is 13.1. The first-order chi connectivity index (χ1) is 7.11. The van der Waals surface area contributed by atoms with Crippen molar-refractivity contribution in [3.8, 4) is 0 Å². The van der Waals surface area contributed by atoms with Crippen LogP contribution in [-0.2, 0) is 4.79 Å². The largest absolute Gasteiger partial charge is 0.480 e. The van der Waals surface area contributed by atoms with Crippen molar-refractivity contribution < 1.29 is 14.4 Å². The Hall–Kier alpha value is -1.88. The molecule has 5 nitrogen and oxygen atoms in total. The number of carboxylic acid groups (broad SMARTS) is 1. The number of hydrogen-bond acceptors (Lipinski definition) is 4. The fraction of sp³-hybridized carbons (Fsp3) is 0.200. The lowest BCUT2D eigenvalue weighted by atomic mass is 10.1. The number of carbonyl (C=O) groups is 1. The van der Waals surface area contributed by atoms with Gasteiger partial charge in [0.15, 0.2) is 11.6 Å². The number of hydrogen-bond donors (Lipinski definition) is 2. The molecule has 1 heterocycles. The van der Waals surface area contributed by atoms with Crippen LogP contribution in [0.4, 0.5) is 0 Å². The van der Waals surface area contributed by atoms with Crippen molar-refractivity contribution in [3.63, 3.8) is 0 Å². The van der Waals surface area contributed by atoms with Crippen LogP contribution in [0.2, 0.25) is 0 Å². The minimum Gasteiger partial charge on any atom is -0.480 e. The van der Waals surface area contributed by atoms with Crippen LogP contribution in [-0.4, -0.2) is 16.2 Å². The minimum atomic E-state index is -1.15. The van der Waals surface area contributed by atoms with E-state index in [1.807, 2.05) is 19.1 Å². The number of aromatic nitrogens is 1. The summed E-state index contributed by atoms with van der Waals surface area (Å²) < 4.78 is 5.06. The molecule has 1 unspecified atom stereocenters. The summed E-state index contributed by atoms with van der Waals surface area (Å²) in [6.45, 7) is 1.86. The molecule has 3 N–H and O–H groups in total. The van der Waals surface area contributed by atoms with Crippen molar-refractivity contribution in [3.05, 3.63) is 29.5 Å². The smallest absolute Gasteiger partial charge is 0.326 e. The number of rotatable bonds is 2. The normalized spacial score (nSPS) is 12.9. The SMILES string of the molecule is Cc1cccc2c(C(N)C(=O)O)noc12. The van der Waals surface area contributed by atoms with Crippen LogP contribution in [0.1, 0.15) is 17.3 Å². The number of aliphatic carboxylic acids is 1. The zero-order valence-electron chi connectivity index (χ0n) is 8.10. The topological polar surface area (TPSA) is 89.4 Å². The highest BCUT2D eigenvalue weighted by Crippen LogP contribution is 2.24. The summed E-state index contributed by atoms with van der Waals surface area (Å²) in [5.41, 5.74) is 7.23. The van der Waals surface area contributed by atoms with E-state index in [-0.39, 0.29) is 5.69 Å². The van der Waals surface area contributed by atoms with Gasteiger partial charge in [-0.25, -0.2) is 0 Å². The molecule has 0 saturated heterocycles. The van der Waals surface area contributed by atoms with Gasteiger partial charge in [-0.2, -0.15) is 0 Å². The number of para-hydroxylation sites is 1. The summed E-state index contributed by atoms with van der Waals surface area (Å²) in [5.74, 6) is -1.12. The predicted octanol–water partition coefficient (Wildman–Crippen LogP) is 1.22. The van der Waals surface area contributed by atoms with Gasteiger partial charge in [0.1, 0.15) is 5.69 Å². The van der Waals surface area contributed by atoms with Gasteiger partial charge in [-0.3, -0.25) is 4.79 Å². The van der Waals surface area contributed by atoms with Gasteiger partial charge in [-0.1, -0.05) is 17.3 Å². The second-order valence-corrected chi connectivity index (χ2v) is 3.34. The number of benzene rings is 1. The van der Waals surface area contributed by atoms with Gasteiger partial charge in [-0.15, -0.1) is 0 Å². The maximum absolute atomic E-state index is 10.7. The van der Waals surface area contributed by atoms with Gasteiger partial charge >= 0.3 is 5.97 Å². The Labute approximate surface area is 85.5 Å². The monoisotopic (exact) mass is 206 g/mol. The Bertz CT molecular complexity index is 518. The molecule has 0 bridgehead atoms. The summed E-state index contributed by atoms with van der Waals surface area (Å²) in [4.78, 5) is 10.7. The first-order valence-corrected chi connectivity index (χ1v) is 4.44. The van der Waals surface area contributed by atoms with Gasteiger partial charge < -0.3 is 15.4 Å². The van der Waals surface area contributed by atoms with Crippen LogP contribution in [0, 0.1) is 6.92 Å². The van der Waals surface area contributed by atoms with Gasteiger partial charge in [0.2, 0.25) is 0 Å². The number of nitrogens with two attached hydrogens (primary N) is 1. The minimum absolute atomic E-state index is 0.265. The molecule has 2 aromatic rings. The Balaban J connectivity index is 2.64. The number of carboxylic acids is 1. The standard InChI is InChI=1S/C10H10N2O3/c1-5-3-2-4-6-8(7(11)10(13)14)12-15-9(5)6/h2-4,7H,11H2,1H3,(H,13,14). The third-order valence-electron chi connectivity index (χ3n) is 2.28. The second kappa shape index (κ2) is 3.36. The zero-order chi connectivity index (χ0) is 11.0. The highest BCUT2D eigenvalue weighted by atomic mass is 16.5. The molecule has 1 aromatic heterocycles. The summed E-state index contributed by atoms with van der Waals surface area (Å²) in [7, 11) is 0. The molecule has 0 amide bonds. The van der Waals surface area contributed by atoms with Crippen LogP contribution in [0.25, 0.3) is 11.0 Å². The Kier molecular flexibility index (Phi) is 2.17. The first kappa shape index (κ1) is 9.67. The molecule has 1 atom stereocenters. The highest BCUT2D eigenvalue weighted by Gasteiger charge is 2.21. The van der Waals surface area contributed by atoms with E-state index in [1.54, 1.807) is 6.07 Å². The summed E-state index contributed by atoms with van der Waals surface area (Å²) in [6.07, 6.45) is 0. The maximum Gasteiger partial charge on any atom is 0.326 e. The molecular formula is C10H10N2O3. The lowest BCUT2D eigenvalue weighted by Crippen LogP contribution is -2.21. The Morgan fingerprint density at radius 2 is 2.33 bits per heavy atom.